The predicted octanol–water partition coefficient (Wildman–Crippen LogP) is 3.97. The summed E-state index contributed by atoms with van der Waals surface area (Å²) in [5, 5.41) is 7.40. The quantitative estimate of drug-likeness (QED) is 0.468. The zero-order valence-electron chi connectivity index (χ0n) is 18.5. The van der Waals surface area contributed by atoms with Crippen LogP contribution >= 0.6 is 0 Å². The number of imidazole rings is 1. The molecule has 0 atom stereocenters. The summed E-state index contributed by atoms with van der Waals surface area (Å²) in [6, 6.07) is 15.1. The highest BCUT2D eigenvalue weighted by Gasteiger charge is 2.25. The van der Waals surface area contributed by atoms with Crippen molar-refractivity contribution in [2.24, 2.45) is 0 Å². The number of ether oxygens (including phenoxy) is 1. The molecule has 8 nitrogen and oxygen atoms in total. The second-order valence-corrected chi connectivity index (χ2v) is 8.29. The van der Waals surface area contributed by atoms with Gasteiger partial charge in [0, 0.05) is 18.0 Å². The highest BCUT2D eigenvalue weighted by Crippen LogP contribution is 2.37. The smallest absolute Gasteiger partial charge is 0.255 e. The number of para-hydroxylation sites is 1. The first-order valence-electron chi connectivity index (χ1n) is 11.2. The van der Waals surface area contributed by atoms with Crippen molar-refractivity contribution < 1.29 is 9.53 Å². The number of carbonyl (C=O) groups is 1. The molecule has 0 unspecified atom stereocenters. The third-order valence-corrected chi connectivity index (χ3v) is 6.24. The molecular formula is C25H26N6O2. The zero-order valence-corrected chi connectivity index (χ0v) is 18.5. The van der Waals surface area contributed by atoms with Gasteiger partial charge in [-0.15, -0.1) is 0 Å². The monoisotopic (exact) mass is 442 g/mol. The minimum atomic E-state index is -0.178. The molecule has 2 heterocycles. The van der Waals surface area contributed by atoms with E-state index < -0.39 is 0 Å². The van der Waals surface area contributed by atoms with Crippen LogP contribution in [0.4, 0.5) is 5.82 Å². The number of rotatable bonds is 6. The minimum Gasteiger partial charge on any atom is -0.496 e. The number of carbonyl (C=O) groups excluding carboxylic acids is 1. The van der Waals surface area contributed by atoms with Crippen molar-refractivity contribution in [1.82, 2.24) is 24.9 Å². The first kappa shape index (κ1) is 20.9. The van der Waals surface area contributed by atoms with E-state index >= 15 is 0 Å². The molecule has 0 radical (unpaired) electrons. The molecule has 1 aliphatic carbocycles. The zero-order chi connectivity index (χ0) is 22.8. The Hall–Kier alpha value is -3.94. The van der Waals surface area contributed by atoms with Gasteiger partial charge in [0.2, 0.25) is 0 Å². The molecule has 8 heteroatoms. The average molecular weight is 443 g/mol. The fourth-order valence-corrected chi connectivity index (χ4v) is 4.52. The van der Waals surface area contributed by atoms with Crippen LogP contribution in [0.5, 0.6) is 5.75 Å². The molecule has 1 fully saturated rings. The Morgan fingerprint density at radius 2 is 1.91 bits per heavy atom. The van der Waals surface area contributed by atoms with Gasteiger partial charge in [-0.2, -0.15) is 5.10 Å². The van der Waals surface area contributed by atoms with Crippen molar-refractivity contribution in [2.75, 3.05) is 12.8 Å². The van der Waals surface area contributed by atoms with Gasteiger partial charge in [0.25, 0.3) is 5.91 Å². The molecule has 4 aromatic rings. The van der Waals surface area contributed by atoms with Crippen LogP contribution in [0, 0.1) is 0 Å². The van der Waals surface area contributed by atoms with Crippen LogP contribution in [-0.4, -0.2) is 32.6 Å². The van der Waals surface area contributed by atoms with Gasteiger partial charge >= 0.3 is 0 Å². The maximum atomic E-state index is 12.6. The molecular weight excluding hydrogens is 416 g/mol. The van der Waals surface area contributed by atoms with E-state index in [-0.39, 0.29) is 5.91 Å². The van der Waals surface area contributed by atoms with E-state index in [9.17, 15) is 4.79 Å². The van der Waals surface area contributed by atoms with Crippen molar-refractivity contribution in [2.45, 2.75) is 38.1 Å². The van der Waals surface area contributed by atoms with Gasteiger partial charge in [-0.05, 0) is 30.5 Å². The summed E-state index contributed by atoms with van der Waals surface area (Å²) in [7, 11) is 1.56. The van der Waals surface area contributed by atoms with Crippen molar-refractivity contribution in [1.29, 1.82) is 0 Å². The second-order valence-electron chi connectivity index (χ2n) is 8.29. The minimum absolute atomic E-state index is 0.178. The summed E-state index contributed by atoms with van der Waals surface area (Å²) < 4.78 is 7.13. The molecule has 2 aromatic heterocycles. The van der Waals surface area contributed by atoms with Crippen LogP contribution in [0.15, 0.2) is 54.9 Å². The van der Waals surface area contributed by atoms with Crippen molar-refractivity contribution in [3.8, 4) is 17.0 Å². The number of fused-ring (bicyclic) bond motifs is 1. The van der Waals surface area contributed by atoms with Gasteiger partial charge in [0.15, 0.2) is 5.82 Å². The number of amides is 1. The van der Waals surface area contributed by atoms with E-state index in [4.69, 9.17) is 15.5 Å². The van der Waals surface area contributed by atoms with Crippen molar-refractivity contribution in [3.05, 3.63) is 71.8 Å². The molecule has 1 aliphatic rings. The average Bonchev–Trinajstić information content (AvgIpc) is 3.51. The molecule has 0 aliphatic heterocycles. The Morgan fingerprint density at radius 3 is 2.67 bits per heavy atom. The molecule has 2 aromatic carbocycles. The maximum absolute atomic E-state index is 12.6. The molecule has 33 heavy (non-hydrogen) atoms. The maximum Gasteiger partial charge on any atom is 0.255 e. The third kappa shape index (κ3) is 4.00. The molecule has 0 saturated heterocycles. The van der Waals surface area contributed by atoms with Crippen molar-refractivity contribution in [3.63, 3.8) is 0 Å². The molecule has 1 saturated carbocycles. The number of hydrogen-bond acceptors (Lipinski definition) is 6. The molecule has 1 amide bonds. The number of hydrogen-bond donors (Lipinski definition) is 2. The third-order valence-electron chi connectivity index (χ3n) is 6.24. The number of anilines is 1. The Morgan fingerprint density at radius 1 is 1.15 bits per heavy atom. The van der Waals surface area contributed by atoms with E-state index in [2.05, 4.69) is 15.4 Å². The van der Waals surface area contributed by atoms with Crippen LogP contribution in [0.3, 0.4) is 0 Å². The summed E-state index contributed by atoms with van der Waals surface area (Å²) in [4.78, 5) is 21.7. The molecule has 168 valence electrons. The lowest BCUT2D eigenvalue weighted by Crippen LogP contribution is -2.23. The number of benzene rings is 2. The number of nitrogens with one attached hydrogen (secondary N) is 1. The van der Waals surface area contributed by atoms with Crippen LogP contribution < -0.4 is 15.8 Å². The van der Waals surface area contributed by atoms with E-state index in [1.54, 1.807) is 19.2 Å². The number of nitrogens with zero attached hydrogens (tertiary/aromatic N) is 4. The Bertz CT molecular complexity index is 1290. The summed E-state index contributed by atoms with van der Waals surface area (Å²) in [6.45, 7) is 0.402. The van der Waals surface area contributed by atoms with Crippen LogP contribution in [0.2, 0.25) is 0 Å². The van der Waals surface area contributed by atoms with Gasteiger partial charge in [-0.25, -0.2) is 14.5 Å². The molecule has 3 N–H and O–H groups in total. The molecule has 0 bridgehead atoms. The lowest BCUT2D eigenvalue weighted by Gasteiger charge is -2.09. The summed E-state index contributed by atoms with van der Waals surface area (Å²) in [5.74, 6) is 2.15. The first-order valence-corrected chi connectivity index (χ1v) is 11.2. The fraction of sp³-hybridized carbons (Fsp3) is 0.280. The van der Waals surface area contributed by atoms with E-state index in [0.717, 1.165) is 41.0 Å². The fourth-order valence-electron chi connectivity index (χ4n) is 4.52. The highest BCUT2D eigenvalue weighted by atomic mass is 16.5. The predicted molar refractivity (Wildman–Crippen MR) is 126 cm³/mol. The second kappa shape index (κ2) is 8.90. The van der Waals surface area contributed by atoms with Gasteiger partial charge < -0.3 is 15.8 Å². The van der Waals surface area contributed by atoms with Gasteiger partial charge in [0.1, 0.15) is 29.1 Å². The number of nitrogen functional groups attached to an aromatic ring is 1. The molecule has 0 spiro atoms. The van der Waals surface area contributed by atoms with Crippen molar-refractivity contribution >= 4 is 17.2 Å². The van der Waals surface area contributed by atoms with Gasteiger partial charge in [-0.1, -0.05) is 49.2 Å². The Kier molecular flexibility index (Phi) is 5.64. The van der Waals surface area contributed by atoms with E-state index in [0.29, 0.717) is 29.6 Å². The van der Waals surface area contributed by atoms with Crippen LogP contribution in [0.1, 0.15) is 53.3 Å². The lowest BCUT2D eigenvalue weighted by molar-refractivity contribution is 0.0948. The molecule has 5 rings (SSSR count). The largest absolute Gasteiger partial charge is 0.496 e. The van der Waals surface area contributed by atoms with Crippen LogP contribution in [-0.2, 0) is 6.54 Å². The Labute approximate surface area is 191 Å². The normalized spacial score (nSPS) is 14.0. The number of aromatic nitrogens is 4. The van der Waals surface area contributed by atoms with Crippen LogP contribution in [0.25, 0.3) is 16.8 Å². The summed E-state index contributed by atoms with van der Waals surface area (Å²) in [5.41, 5.74) is 10.2. The topological polar surface area (TPSA) is 107 Å². The number of methoxy groups -OCH3 is 1. The highest BCUT2D eigenvalue weighted by molar-refractivity contribution is 5.96. The van der Waals surface area contributed by atoms with E-state index in [1.165, 1.54) is 19.2 Å². The Balaban J connectivity index is 1.38. The summed E-state index contributed by atoms with van der Waals surface area (Å²) in [6.07, 6.45) is 6.15. The SMILES string of the molecule is COc1ccccc1C(=O)NCc1ccc(-c2nc(C3CCCC3)n3ncnc(N)c23)cc1. The first-order chi connectivity index (χ1) is 16.2. The van der Waals surface area contributed by atoms with Gasteiger partial charge in [-0.3, -0.25) is 4.79 Å². The van der Waals surface area contributed by atoms with Gasteiger partial charge in [0.05, 0.1) is 12.7 Å². The summed E-state index contributed by atoms with van der Waals surface area (Å²) >= 11 is 0. The van der Waals surface area contributed by atoms with E-state index in [1.807, 2.05) is 40.9 Å². The standard InChI is InChI=1S/C25H26N6O2/c1-33-20-9-5-4-8-19(20)25(32)27-14-16-10-12-17(13-11-16)21-22-23(26)28-15-29-31(22)24(30-21)18-6-2-3-7-18/h4-5,8-13,15,18H,2-3,6-7,14H2,1H3,(H,27,32)(H2,26,28,29). The lowest BCUT2D eigenvalue weighted by atomic mass is 10.1. The number of nitrogens with two attached hydrogens (primary N) is 1.